The summed E-state index contributed by atoms with van der Waals surface area (Å²) in [6.07, 6.45) is 0.982. The van der Waals surface area contributed by atoms with Crippen LogP contribution >= 0.6 is 11.3 Å². The second kappa shape index (κ2) is 11.1. The average Bonchev–Trinajstić information content (AvgIpc) is 3.27. The van der Waals surface area contributed by atoms with E-state index < -0.39 is 0 Å². The Labute approximate surface area is 189 Å². The lowest BCUT2D eigenvalue weighted by molar-refractivity contribution is 0.413. The molecule has 2 aromatic carbocycles. The van der Waals surface area contributed by atoms with E-state index in [4.69, 9.17) is 0 Å². The first-order valence-electron chi connectivity index (χ1n) is 11.0. The van der Waals surface area contributed by atoms with E-state index in [2.05, 4.69) is 48.2 Å². The highest BCUT2D eigenvalue weighted by Gasteiger charge is 2.17. The van der Waals surface area contributed by atoms with E-state index >= 15 is 0 Å². The van der Waals surface area contributed by atoms with Crippen molar-refractivity contribution < 1.29 is 5.11 Å². The van der Waals surface area contributed by atoms with Crippen molar-refractivity contribution in [2.45, 2.75) is 41.0 Å². The standard InChI is InChI=1S/C22H22N2O2S.2C2H6/c1-13-12-17(25)18(15-6-4-14(5-7-15)8-10-24(2)3)19-16-9-11-27-21(16)22(26)23-20(13)19;2*1-2/h4-7,9,11-12,25H,8,10H2,1-3H3,(H,23,26);2*1-2H3. The van der Waals surface area contributed by atoms with E-state index in [9.17, 15) is 9.90 Å². The van der Waals surface area contributed by atoms with Crippen LogP contribution in [0.15, 0.2) is 46.6 Å². The number of aromatic amines is 1. The van der Waals surface area contributed by atoms with Crippen LogP contribution in [-0.2, 0) is 6.42 Å². The van der Waals surface area contributed by atoms with Gasteiger partial charge in [-0.05, 0) is 61.6 Å². The van der Waals surface area contributed by atoms with Gasteiger partial charge in [-0.2, -0.15) is 0 Å². The van der Waals surface area contributed by atoms with Crippen molar-refractivity contribution >= 4 is 32.3 Å². The van der Waals surface area contributed by atoms with E-state index in [0.29, 0.717) is 4.70 Å². The Morgan fingerprint density at radius 1 is 1.03 bits per heavy atom. The number of thiophene rings is 1. The van der Waals surface area contributed by atoms with Gasteiger partial charge >= 0.3 is 0 Å². The second-order valence-corrected chi connectivity index (χ2v) is 8.12. The van der Waals surface area contributed by atoms with E-state index in [1.54, 1.807) is 6.07 Å². The third-order valence-electron chi connectivity index (χ3n) is 4.97. The zero-order valence-corrected chi connectivity index (χ0v) is 20.5. The van der Waals surface area contributed by atoms with Gasteiger partial charge in [-0.3, -0.25) is 4.79 Å². The number of likely N-dealkylation sites (N-methyl/N-ethyl adjacent to an activating group) is 1. The third-order valence-corrected chi connectivity index (χ3v) is 5.89. The predicted molar refractivity (Wildman–Crippen MR) is 137 cm³/mol. The van der Waals surface area contributed by atoms with Gasteiger partial charge in [0.15, 0.2) is 0 Å². The number of phenols is 1. The molecule has 0 fully saturated rings. The fraction of sp³-hybridized carbons (Fsp3) is 0.346. The highest BCUT2D eigenvalue weighted by Crippen LogP contribution is 2.41. The number of aryl methyl sites for hydroxylation is 1. The van der Waals surface area contributed by atoms with Crippen LogP contribution < -0.4 is 5.56 Å². The minimum atomic E-state index is -0.0775. The molecule has 5 heteroatoms. The van der Waals surface area contributed by atoms with Crippen molar-refractivity contribution in [3.63, 3.8) is 0 Å². The van der Waals surface area contributed by atoms with E-state index in [1.807, 2.05) is 46.1 Å². The highest BCUT2D eigenvalue weighted by atomic mass is 32.1. The number of nitrogens with zero attached hydrogens (tertiary/aromatic N) is 1. The van der Waals surface area contributed by atoms with E-state index in [0.717, 1.165) is 45.9 Å². The Hall–Kier alpha value is -2.63. The Bertz CT molecular complexity index is 1190. The zero-order chi connectivity index (χ0) is 23.1. The molecule has 4 nitrogen and oxygen atoms in total. The van der Waals surface area contributed by atoms with Gasteiger partial charge in [0.1, 0.15) is 10.4 Å². The molecule has 0 saturated heterocycles. The minimum Gasteiger partial charge on any atom is -0.507 e. The minimum absolute atomic E-state index is 0.0775. The highest BCUT2D eigenvalue weighted by molar-refractivity contribution is 7.17. The van der Waals surface area contributed by atoms with Crippen LogP contribution in [0.1, 0.15) is 38.8 Å². The number of benzene rings is 2. The number of aromatic nitrogens is 1. The summed E-state index contributed by atoms with van der Waals surface area (Å²) < 4.78 is 0.691. The quantitative estimate of drug-likeness (QED) is 0.378. The summed E-state index contributed by atoms with van der Waals surface area (Å²) in [7, 11) is 4.13. The molecule has 166 valence electrons. The van der Waals surface area contributed by atoms with Gasteiger partial charge in [0.2, 0.25) is 0 Å². The number of phenolic OH excluding ortho intramolecular Hbond substituents is 1. The van der Waals surface area contributed by atoms with Crippen molar-refractivity contribution in [1.82, 2.24) is 9.88 Å². The van der Waals surface area contributed by atoms with Crippen LogP contribution in [0.2, 0.25) is 0 Å². The summed E-state index contributed by atoms with van der Waals surface area (Å²) in [4.78, 5) is 17.6. The number of nitrogens with one attached hydrogen (secondary N) is 1. The maximum absolute atomic E-state index is 12.4. The van der Waals surface area contributed by atoms with Crippen molar-refractivity contribution in [2.24, 2.45) is 0 Å². The Kier molecular flexibility index (Phi) is 8.84. The average molecular weight is 439 g/mol. The number of hydrogen-bond acceptors (Lipinski definition) is 4. The van der Waals surface area contributed by atoms with Gasteiger partial charge in [0, 0.05) is 22.9 Å². The Morgan fingerprint density at radius 2 is 1.68 bits per heavy atom. The lowest BCUT2D eigenvalue weighted by Crippen LogP contribution is -2.14. The van der Waals surface area contributed by atoms with Crippen LogP contribution in [0.25, 0.3) is 32.1 Å². The number of hydrogen-bond donors (Lipinski definition) is 2. The van der Waals surface area contributed by atoms with Crippen LogP contribution in [0.3, 0.4) is 0 Å². The molecule has 0 amide bonds. The molecule has 2 N–H and O–H groups in total. The molecule has 4 rings (SSSR count). The topological polar surface area (TPSA) is 56.3 Å². The Morgan fingerprint density at radius 3 is 2.29 bits per heavy atom. The van der Waals surface area contributed by atoms with Crippen LogP contribution in [0.4, 0.5) is 0 Å². The van der Waals surface area contributed by atoms with Gasteiger partial charge in [0.05, 0.1) is 5.52 Å². The molecule has 0 aliphatic carbocycles. The van der Waals surface area contributed by atoms with Crippen LogP contribution in [0.5, 0.6) is 5.75 Å². The van der Waals surface area contributed by atoms with Crippen molar-refractivity contribution in [3.8, 4) is 16.9 Å². The van der Waals surface area contributed by atoms with Crippen molar-refractivity contribution in [1.29, 1.82) is 0 Å². The second-order valence-electron chi connectivity index (χ2n) is 7.21. The molecule has 2 aromatic heterocycles. The summed E-state index contributed by atoms with van der Waals surface area (Å²) in [5.41, 5.74) is 4.55. The van der Waals surface area contributed by atoms with Gasteiger partial charge in [0.25, 0.3) is 5.56 Å². The number of aromatic hydroxyl groups is 1. The molecule has 0 aliphatic heterocycles. The van der Waals surface area contributed by atoms with Crippen LogP contribution in [-0.4, -0.2) is 35.6 Å². The predicted octanol–water partition coefficient (Wildman–Crippen LogP) is 6.58. The normalized spacial score (nSPS) is 10.6. The molecule has 0 bridgehead atoms. The summed E-state index contributed by atoms with van der Waals surface area (Å²) in [5, 5.41) is 14.5. The van der Waals surface area contributed by atoms with Gasteiger partial charge in [-0.25, -0.2) is 0 Å². The first-order chi connectivity index (χ1) is 15.0. The number of pyridine rings is 1. The lowest BCUT2D eigenvalue weighted by atomic mass is 9.94. The fourth-order valence-corrected chi connectivity index (χ4v) is 4.36. The fourth-order valence-electron chi connectivity index (χ4n) is 3.57. The smallest absolute Gasteiger partial charge is 0.266 e. The van der Waals surface area contributed by atoms with E-state index in [1.165, 1.54) is 16.9 Å². The molecule has 0 aliphatic rings. The van der Waals surface area contributed by atoms with Crippen molar-refractivity contribution in [2.75, 3.05) is 20.6 Å². The van der Waals surface area contributed by atoms with E-state index in [-0.39, 0.29) is 11.3 Å². The largest absolute Gasteiger partial charge is 0.507 e. The summed E-state index contributed by atoms with van der Waals surface area (Å²) in [6, 6.07) is 12.0. The molecule has 0 atom stereocenters. The molecule has 4 aromatic rings. The summed E-state index contributed by atoms with van der Waals surface area (Å²) in [5.74, 6) is 0.237. The molecule has 31 heavy (non-hydrogen) atoms. The number of fused-ring (bicyclic) bond motifs is 3. The van der Waals surface area contributed by atoms with Gasteiger partial charge < -0.3 is 15.0 Å². The Balaban J connectivity index is 0.000000807. The van der Waals surface area contributed by atoms with Gasteiger partial charge in [-0.1, -0.05) is 52.0 Å². The molecule has 2 heterocycles. The molecular formula is C26H34N2O2S. The monoisotopic (exact) mass is 438 g/mol. The SMILES string of the molecule is CC.CC.Cc1cc(O)c(-c2ccc(CCN(C)C)cc2)c2c1[nH]c(=O)c1sccc12. The maximum Gasteiger partial charge on any atom is 0.266 e. The van der Waals surface area contributed by atoms with Crippen LogP contribution in [0, 0.1) is 6.92 Å². The van der Waals surface area contributed by atoms with Crippen molar-refractivity contribution in [3.05, 3.63) is 63.3 Å². The molecule has 0 unspecified atom stereocenters. The number of H-pyrrole nitrogens is 1. The summed E-state index contributed by atoms with van der Waals surface area (Å²) >= 11 is 1.43. The summed E-state index contributed by atoms with van der Waals surface area (Å²) in [6.45, 7) is 10.9. The molecule has 0 radical (unpaired) electrons. The lowest BCUT2D eigenvalue weighted by Gasteiger charge is -2.14. The first-order valence-corrected chi connectivity index (χ1v) is 11.8. The molecule has 0 spiro atoms. The number of rotatable bonds is 4. The zero-order valence-electron chi connectivity index (χ0n) is 19.7. The maximum atomic E-state index is 12.4. The van der Waals surface area contributed by atoms with Gasteiger partial charge in [-0.15, -0.1) is 11.3 Å². The first kappa shape index (κ1) is 24.6. The molecular weight excluding hydrogens is 404 g/mol. The molecule has 0 saturated carbocycles. The third kappa shape index (κ3) is 5.17.